The number of hydrogen-bond acceptors (Lipinski definition) is 5. The first-order valence-corrected chi connectivity index (χ1v) is 7.00. The van der Waals surface area contributed by atoms with Crippen LogP contribution in [0.2, 0.25) is 0 Å². The quantitative estimate of drug-likeness (QED) is 0.672. The molecule has 1 heterocycles. The van der Waals surface area contributed by atoms with E-state index in [4.69, 9.17) is 9.47 Å². The van der Waals surface area contributed by atoms with E-state index in [1.165, 1.54) is 6.07 Å². The van der Waals surface area contributed by atoms with Gasteiger partial charge in [-0.3, -0.25) is 10.1 Å². The largest absolute Gasteiger partial charge is 0.454 e. The normalized spacial score (nSPS) is 12.2. The Labute approximate surface area is 129 Å². The van der Waals surface area contributed by atoms with E-state index in [2.05, 4.69) is 21.2 Å². The minimum absolute atomic E-state index is 0.0555. The van der Waals surface area contributed by atoms with E-state index < -0.39 is 4.92 Å². The predicted molar refractivity (Wildman–Crippen MR) is 80.7 cm³/mol. The average Bonchev–Trinajstić information content (AvgIpc) is 2.93. The Kier molecular flexibility index (Phi) is 3.66. The standard InChI is InChI=1S/C14H11BrN2O4/c15-14-9(2-1-3-11(14)17(18)19)7-16-10-4-5-12-13(6-10)21-8-20-12/h1-6,16H,7-8H2. The van der Waals surface area contributed by atoms with Crippen molar-refractivity contribution in [3.05, 3.63) is 56.5 Å². The van der Waals surface area contributed by atoms with Crippen molar-refractivity contribution in [1.29, 1.82) is 0 Å². The molecule has 2 aromatic rings. The van der Waals surface area contributed by atoms with Crippen molar-refractivity contribution >= 4 is 27.3 Å². The monoisotopic (exact) mass is 350 g/mol. The zero-order valence-electron chi connectivity index (χ0n) is 10.8. The van der Waals surface area contributed by atoms with Gasteiger partial charge in [0.2, 0.25) is 6.79 Å². The number of rotatable bonds is 4. The van der Waals surface area contributed by atoms with Gasteiger partial charge in [0.05, 0.1) is 4.92 Å². The second kappa shape index (κ2) is 5.61. The number of ether oxygens (including phenoxy) is 2. The molecule has 0 aliphatic carbocycles. The van der Waals surface area contributed by atoms with E-state index in [1.807, 2.05) is 24.3 Å². The molecular weight excluding hydrogens is 340 g/mol. The van der Waals surface area contributed by atoms with Gasteiger partial charge in [0, 0.05) is 24.4 Å². The second-order valence-corrected chi connectivity index (χ2v) is 5.22. The molecule has 1 aliphatic heterocycles. The van der Waals surface area contributed by atoms with E-state index in [0.717, 1.165) is 17.0 Å². The minimum Gasteiger partial charge on any atom is -0.454 e. The summed E-state index contributed by atoms with van der Waals surface area (Å²) in [7, 11) is 0. The van der Waals surface area contributed by atoms with Crippen LogP contribution in [-0.4, -0.2) is 11.7 Å². The van der Waals surface area contributed by atoms with Crippen LogP contribution in [0.5, 0.6) is 11.5 Å². The summed E-state index contributed by atoms with van der Waals surface area (Å²) in [5.41, 5.74) is 1.72. The Morgan fingerprint density at radius 2 is 2.05 bits per heavy atom. The van der Waals surface area contributed by atoms with Gasteiger partial charge in [-0.15, -0.1) is 0 Å². The third kappa shape index (κ3) is 2.78. The second-order valence-electron chi connectivity index (χ2n) is 4.43. The van der Waals surface area contributed by atoms with Gasteiger partial charge in [0.1, 0.15) is 4.47 Å². The molecule has 7 heteroatoms. The summed E-state index contributed by atoms with van der Waals surface area (Å²) in [5, 5.41) is 14.1. The first-order chi connectivity index (χ1) is 10.1. The number of anilines is 1. The van der Waals surface area contributed by atoms with Crippen molar-refractivity contribution in [2.45, 2.75) is 6.54 Å². The molecule has 0 atom stereocenters. The molecule has 0 spiro atoms. The Morgan fingerprint density at radius 1 is 1.24 bits per heavy atom. The Morgan fingerprint density at radius 3 is 2.86 bits per heavy atom. The van der Waals surface area contributed by atoms with Crippen LogP contribution in [0, 0.1) is 10.1 Å². The van der Waals surface area contributed by atoms with Gasteiger partial charge in [-0.1, -0.05) is 12.1 Å². The zero-order chi connectivity index (χ0) is 14.8. The van der Waals surface area contributed by atoms with Gasteiger partial charge in [-0.2, -0.15) is 0 Å². The molecular formula is C14H11BrN2O4. The van der Waals surface area contributed by atoms with Gasteiger partial charge < -0.3 is 14.8 Å². The minimum atomic E-state index is -0.409. The molecule has 0 saturated carbocycles. The van der Waals surface area contributed by atoms with Gasteiger partial charge in [0.15, 0.2) is 11.5 Å². The molecule has 108 valence electrons. The number of nitrogens with one attached hydrogen (secondary N) is 1. The molecule has 0 saturated heterocycles. The predicted octanol–water partition coefficient (Wildman–Crippen LogP) is 3.70. The van der Waals surface area contributed by atoms with Crippen LogP contribution in [-0.2, 0) is 6.54 Å². The van der Waals surface area contributed by atoms with E-state index >= 15 is 0 Å². The molecule has 0 amide bonds. The van der Waals surface area contributed by atoms with Crippen molar-refractivity contribution in [3.63, 3.8) is 0 Å². The van der Waals surface area contributed by atoms with Gasteiger partial charge >= 0.3 is 0 Å². The number of halogens is 1. The Balaban J connectivity index is 1.76. The van der Waals surface area contributed by atoms with Crippen LogP contribution >= 0.6 is 15.9 Å². The molecule has 6 nitrogen and oxygen atoms in total. The SMILES string of the molecule is O=[N+]([O-])c1cccc(CNc2ccc3c(c2)OCO3)c1Br. The van der Waals surface area contributed by atoms with Crippen molar-refractivity contribution in [3.8, 4) is 11.5 Å². The van der Waals surface area contributed by atoms with E-state index in [0.29, 0.717) is 16.8 Å². The van der Waals surface area contributed by atoms with E-state index in [-0.39, 0.29) is 12.5 Å². The lowest BCUT2D eigenvalue weighted by Gasteiger charge is -2.09. The molecule has 0 fully saturated rings. The molecule has 21 heavy (non-hydrogen) atoms. The van der Waals surface area contributed by atoms with Crippen molar-refractivity contribution in [2.75, 3.05) is 12.1 Å². The van der Waals surface area contributed by atoms with Gasteiger partial charge in [0.25, 0.3) is 5.69 Å². The molecule has 0 aromatic heterocycles. The fraction of sp³-hybridized carbons (Fsp3) is 0.143. The fourth-order valence-corrected chi connectivity index (χ4v) is 2.60. The highest BCUT2D eigenvalue weighted by atomic mass is 79.9. The molecule has 1 N–H and O–H groups in total. The van der Waals surface area contributed by atoms with Crippen molar-refractivity contribution in [2.24, 2.45) is 0 Å². The number of nitrogens with zero attached hydrogens (tertiary/aromatic N) is 1. The molecule has 0 bridgehead atoms. The van der Waals surface area contributed by atoms with Crippen molar-refractivity contribution in [1.82, 2.24) is 0 Å². The molecule has 0 radical (unpaired) electrons. The third-order valence-electron chi connectivity index (χ3n) is 3.11. The number of nitro groups is 1. The maximum atomic E-state index is 10.9. The highest BCUT2D eigenvalue weighted by Crippen LogP contribution is 2.35. The fourth-order valence-electron chi connectivity index (χ4n) is 2.05. The Bertz CT molecular complexity index is 705. The van der Waals surface area contributed by atoms with Crippen LogP contribution in [0.25, 0.3) is 0 Å². The highest BCUT2D eigenvalue weighted by molar-refractivity contribution is 9.10. The van der Waals surface area contributed by atoms with Crippen molar-refractivity contribution < 1.29 is 14.4 Å². The topological polar surface area (TPSA) is 73.6 Å². The zero-order valence-corrected chi connectivity index (χ0v) is 12.4. The first-order valence-electron chi connectivity index (χ1n) is 6.20. The number of nitro benzene ring substituents is 1. The van der Waals surface area contributed by atoms with Gasteiger partial charge in [-0.25, -0.2) is 0 Å². The van der Waals surface area contributed by atoms with Gasteiger partial charge in [-0.05, 0) is 33.6 Å². The Hall–Kier alpha value is -2.28. The smallest absolute Gasteiger partial charge is 0.283 e. The van der Waals surface area contributed by atoms with Crippen LogP contribution < -0.4 is 14.8 Å². The number of benzene rings is 2. The molecule has 0 unspecified atom stereocenters. The third-order valence-corrected chi connectivity index (χ3v) is 4.03. The van der Waals surface area contributed by atoms with Crippen LogP contribution in [0.4, 0.5) is 11.4 Å². The lowest BCUT2D eigenvalue weighted by atomic mass is 10.2. The number of hydrogen-bond donors (Lipinski definition) is 1. The molecule has 2 aromatic carbocycles. The average molecular weight is 351 g/mol. The summed E-state index contributed by atoms with van der Waals surface area (Å²) in [6, 6.07) is 10.5. The maximum absolute atomic E-state index is 10.9. The molecule has 3 rings (SSSR count). The summed E-state index contributed by atoms with van der Waals surface area (Å²) < 4.78 is 11.0. The van der Waals surface area contributed by atoms with Crippen LogP contribution in [0.1, 0.15) is 5.56 Å². The first kappa shape index (κ1) is 13.7. The van der Waals surface area contributed by atoms with Crippen LogP contribution in [0.15, 0.2) is 40.9 Å². The maximum Gasteiger partial charge on any atom is 0.283 e. The number of fused-ring (bicyclic) bond motifs is 1. The van der Waals surface area contributed by atoms with E-state index in [1.54, 1.807) is 6.07 Å². The summed E-state index contributed by atoms with van der Waals surface area (Å²) in [4.78, 5) is 10.5. The molecule has 1 aliphatic rings. The highest BCUT2D eigenvalue weighted by Gasteiger charge is 2.16. The summed E-state index contributed by atoms with van der Waals surface area (Å²) in [5.74, 6) is 1.41. The summed E-state index contributed by atoms with van der Waals surface area (Å²) >= 11 is 3.28. The summed E-state index contributed by atoms with van der Waals surface area (Å²) in [6.45, 7) is 0.692. The lowest BCUT2D eigenvalue weighted by Crippen LogP contribution is -2.01. The summed E-state index contributed by atoms with van der Waals surface area (Å²) in [6.07, 6.45) is 0. The lowest BCUT2D eigenvalue weighted by molar-refractivity contribution is -0.385. The van der Waals surface area contributed by atoms with Crippen LogP contribution in [0.3, 0.4) is 0 Å². The van der Waals surface area contributed by atoms with E-state index in [9.17, 15) is 10.1 Å².